The van der Waals surface area contributed by atoms with E-state index in [1.54, 1.807) is 12.4 Å². The first-order valence-electron chi connectivity index (χ1n) is 16.0. The van der Waals surface area contributed by atoms with Crippen molar-refractivity contribution in [2.24, 2.45) is 0 Å². The van der Waals surface area contributed by atoms with Crippen LogP contribution in [0, 0.1) is 14.1 Å². The maximum atomic E-state index is 7.50. The smallest absolute Gasteiger partial charge is 0.265 e. The van der Waals surface area contributed by atoms with Crippen LogP contribution in [0.3, 0.4) is 0 Å². The van der Waals surface area contributed by atoms with E-state index in [0.717, 1.165) is 0 Å². The van der Waals surface area contributed by atoms with E-state index in [2.05, 4.69) is 204 Å². The van der Waals surface area contributed by atoms with Gasteiger partial charge in [0.15, 0.2) is 0 Å². The molecule has 0 saturated heterocycles. The first kappa shape index (κ1) is 46.8. The van der Waals surface area contributed by atoms with Gasteiger partial charge in [-0.3, -0.25) is 4.98 Å². The van der Waals surface area contributed by atoms with E-state index in [-0.39, 0.29) is 27.2 Å². The van der Waals surface area contributed by atoms with Gasteiger partial charge in [0.25, 0.3) is 0 Å². The summed E-state index contributed by atoms with van der Waals surface area (Å²) in [5.41, 5.74) is 0. The molecule has 6 aromatic carbocycles. The molecule has 7 heteroatoms. The van der Waals surface area contributed by atoms with Crippen molar-refractivity contribution in [3.05, 3.63) is 227 Å². The van der Waals surface area contributed by atoms with Gasteiger partial charge in [-0.25, -0.2) is 0 Å². The molecule has 0 bridgehead atoms. The zero-order valence-electron chi connectivity index (χ0n) is 29.7. The minimum Gasteiger partial charge on any atom is -0.265 e. The molecule has 2 nitrogen and oxygen atoms in total. The third-order valence-corrected chi connectivity index (χ3v) is 11.5. The zero-order valence-corrected chi connectivity index (χ0v) is 37.6. The predicted octanol–water partition coefficient (Wildman–Crippen LogP) is 9.86. The van der Waals surface area contributed by atoms with Crippen LogP contribution in [0.4, 0.5) is 0 Å². The van der Waals surface area contributed by atoms with E-state index in [9.17, 15) is 0 Å². The summed E-state index contributed by atoms with van der Waals surface area (Å²) in [6, 6.07) is 70.4. The van der Waals surface area contributed by atoms with Crippen LogP contribution in [0.15, 0.2) is 213 Å². The Hall–Kier alpha value is -3.20. The fourth-order valence-corrected chi connectivity index (χ4v) is 9.28. The molecule has 0 aliphatic carbocycles. The SMILES string of the molecule is [C-]#[O+].[CH3-].[CH3][Sn]([CH3])[Cl].[Os+].c1ccc(P(c2ccccc2)c2ccccc2)cc1.c1ccc(P(c2ccccc2)c2ccccc2)cc1.c1ccncc1. The minimum atomic E-state index is -1.07. The van der Waals surface area contributed by atoms with Crippen LogP contribution < -0.4 is 31.8 Å². The molecule has 0 amide bonds. The molecule has 2 radical (unpaired) electrons. The minimum absolute atomic E-state index is 0. The van der Waals surface area contributed by atoms with Crippen molar-refractivity contribution >= 4 is 75.2 Å². The number of rotatable bonds is 6. The number of halogens is 1. The van der Waals surface area contributed by atoms with Crippen LogP contribution >= 0.6 is 24.8 Å². The molecule has 0 spiro atoms. The Morgan fingerprint density at radius 1 is 0.404 bits per heavy atom. The summed E-state index contributed by atoms with van der Waals surface area (Å²) in [6.45, 7) is 4.50. The summed E-state index contributed by atoms with van der Waals surface area (Å²) in [5.74, 6) is 0. The van der Waals surface area contributed by atoms with Crippen LogP contribution in [0.1, 0.15) is 0 Å². The van der Waals surface area contributed by atoms with Gasteiger partial charge >= 0.3 is 68.5 Å². The molecule has 0 fully saturated rings. The van der Waals surface area contributed by atoms with E-state index >= 15 is 0 Å². The molecule has 7 rings (SSSR count). The molecule has 264 valence electrons. The number of aromatic nitrogens is 1. The first-order chi connectivity index (χ1) is 24.6. The van der Waals surface area contributed by atoms with Gasteiger partial charge in [-0.15, -0.1) is 0 Å². The molecule has 1 aromatic heterocycles. The Morgan fingerprint density at radius 3 is 0.673 bits per heavy atom. The number of hydrogen-bond acceptors (Lipinski definition) is 1. The molecule has 0 unspecified atom stereocenters. The van der Waals surface area contributed by atoms with Crippen molar-refractivity contribution in [3.63, 3.8) is 0 Å². The summed E-state index contributed by atoms with van der Waals surface area (Å²) in [5, 5.41) is 8.39. The van der Waals surface area contributed by atoms with Crippen LogP contribution in [0.25, 0.3) is 0 Å². The standard InChI is InChI=1S/2C18H15P.C5H5N.CO.3CH3.ClH.Os.Sn/c2*1-4-10-16(11-5-1)19(17-12-6-2-7-13-17)18-14-8-3-9-15-18;1-2-4-6-5-3-1;1-2;;;;;;/h2*1-15H;1-5H;;3*1H3;1H;;/q;;;;;;-1;;2*+1/p-1. The number of nitrogens with zero attached hydrogens (tertiary/aromatic N) is 1. The second-order valence-electron chi connectivity index (χ2n) is 10.6. The normalized spacial score (nSPS) is 9.38. The van der Waals surface area contributed by atoms with Crippen LogP contribution in [-0.4, -0.2) is 23.6 Å². The molecule has 0 N–H and O–H groups in total. The molecule has 0 aliphatic rings. The van der Waals surface area contributed by atoms with Gasteiger partial charge in [-0.2, -0.15) is 0 Å². The Bertz CT molecular complexity index is 1510. The Morgan fingerprint density at radius 2 is 0.558 bits per heavy atom. The fourth-order valence-electron chi connectivity index (χ4n) is 4.67. The second kappa shape index (κ2) is 29.3. The van der Waals surface area contributed by atoms with Crippen molar-refractivity contribution in [1.82, 2.24) is 4.98 Å². The van der Waals surface area contributed by atoms with Crippen LogP contribution in [0.2, 0.25) is 9.88 Å². The maximum absolute atomic E-state index is 7.50. The molecular formula is C45H44ClNOOsP2Sn. The van der Waals surface area contributed by atoms with Crippen molar-refractivity contribution < 1.29 is 24.4 Å². The molecule has 7 aromatic rings. The van der Waals surface area contributed by atoms with Crippen molar-refractivity contribution in [2.75, 3.05) is 0 Å². The first-order valence-corrected chi connectivity index (χ1v) is 28.1. The van der Waals surface area contributed by atoms with Crippen LogP contribution in [-0.2, 0) is 24.4 Å². The number of hydrogen-bond donors (Lipinski definition) is 0. The monoisotopic (exact) mass is 1020 g/mol. The van der Waals surface area contributed by atoms with Gasteiger partial charge in [0.1, 0.15) is 0 Å². The zero-order chi connectivity index (χ0) is 35.7. The fraction of sp³-hybridized carbons (Fsp3) is 0.0444. The van der Waals surface area contributed by atoms with E-state index < -0.39 is 34.5 Å². The summed E-state index contributed by atoms with van der Waals surface area (Å²) < 4.78 is 7.50. The van der Waals surface area contributed by atoms with Gasteiger partial charge in [0, 0.05) is 12.4 Å². The molecular weight excluding hydrogens is 977 g/mol. The van der Waals surface area contributed by atoms with E-state index in [0.29, 0.717) is 0 Å². The maximum Gasteiger partial charge on any atom is 1.00 e. The Kier molecular flexibility index (Phi) is 26.4. The quantitative estimate of drug-likeness (QED) is 0.0708. The van der Waals surface area contributed by atoms with E-state index in [4.69, 9.17) is 13.6 Å². The topological polar surface area (TPSA) is 32.8 Å². The van der Waals surface area contributed by atoms with E-state index in [1.165, 1.54) is 31.8 Å². The van der Waals surface area contributed by atoms with Gasteiger partial charge in [0.2, 0.25) is 0 Å². The van der Waals surface area contributed by atoms with Crippen molar-refractivity contribution in [2.45, 2.75) is 9.88 Å². The summed E-state index contributed by atoms with van der Waals surface area (Å²) in [7, 11) is 4.58. The summed E-state index contributed by atoms with van der Waals surface area (Å²) in [4.78, 5) is 8.04. The van der Waals surface area contributed by atoms with Crippen LogP contribution in [0.5, 0.6) is 0 Å². The average molecular weight is 1020 g/mol. The van der Waals surface area contributed by atoms with Crippen molar-refractivity contribution in [1.29, 1.82) is 0 Å². The molecule has 52 heavy (non-hydrogen) atoms. The van der Waals surface area contributed by atoms with Gasteiger partial charge in [0.05, 0.1) is 0 Å². The summed E-state index contributed by atoms with van der Waals surface area (Å²) in [6.07, 6.45) is 3.50. The second-order valence-corrected chi connectivity index (χ2v) is 25.1. The van der Waals surface area contributed by atoms with E-state index in [1.807, 2.05) is 18.2 Å². The molecule has 0 saturated carbocycles. The summed E-state index contributed by atoms with van der Waals surface area (Å²) >= 11 is -1.07. The Balaban J connectivity index is 0.000000386. The average Bonchev–Trinajstić information content (AvgIpc) is 3.19. The third-order valence-electron chi connectivity index (χ3n) is 6.65. The molecule has 0 atom stereocenters. The largest absolute Gasteiger partial charge is 1.00 e. The molecule has 1 heterocycles. The third kappa shape index (κ3) is 17.5. The Labute approximate surface area is 338 Å². The number of benzene rings is 6. The van der Waals surface area contributed by atoms with Gasteiger partial charge < -0.3 is 7.43 Å². The van der Waals surface area contributed by atoms with Gasteiger partial charge in [-0.1, -0.05) is 188 Å². The van der Waals surface area contributed by atoms with Gasteiger partial charge in [-0.05, 0) is 59.8 Å². The number of pyridine rings is 1. The van der Waals surface area contributed by atoms with Crippen molar-refractivity contribution in [3.8, 4) is 0 Å². The predicted molar refractivity (Wildman–Crippen MR) is 228 cm³/mol. The molecule has 0 aliphatic heterocycles.